The number of hydrogen-bond donors (Lipinski definition) is 0. The molecule has 0 radical (unpaired) electrons. The van der Waals surface area contributed by atoms with Gasteiger partial charge in [-0.25, -0.2) is 0 Å². The van der Waals surface area contributed by atoms with Gasteiger partial charge in [0, 0.05) is 5.41 Å². The second-order valence-corrected chi connectivity index (χ2v) is 14.8. The van der Waals surface area contributed by atoms with Crippen LogP contribution < -0.4 is 0 Å². The maximum Gasteiger partial charge on any atom is 0.0159 e. The van der Waals surface area contributed by atoms with Gasteiger partial charge in [-0.1, -0.05) is 153 Å². The van der Waals surface area contributed by atoms with Crippen molar-refractivity contribution >= 4 is 66.9 Å². The highest BCUT2D eigenvalue weighted by Crippen LogP contribution is 2.51. The van der Waals surface area contributed by atoms with E-state index < -0.39 is 0 Å². The number of rotatable bonds is 3. The van der Waals surface area contributed by atoms with Crippen molar-refractivity contribution in [1.82, 2.24) is 0 Å². The molecule has 0 aromatic heterocycles. The van der Waals surface area contributed by atoms with Crippen molar-refractivity contribution in [3.05, 3.63) is 166 Å². The predicted octanol–water partition coefficient (Wildman–Crippen LogP) is 13.2. The molecule has 0 heterocycles. The number of hydrogen-bond acceptors (Lipinski definition) is 0. The zero-order valence-corrected chi connectivity index (χ0v) is 27.8. The maximum atomic E-state index is 2.48. The van der Waals surface area contributed by atoms with E-state index in [1.807, 2.05) is 0 Å². The van der Waals surface area contributed by atoms with Crippen LogP contribution in [0.2, 0.25) is 0 Å². The number of benzene rings is 8. The quantitative estimate of drug-likeness (QED) is 0.136. The molecule has 0 atom stereocenters. The van der Waals surface area contributed by atoms with Crippen molar-refractivity contribution in [3.8, 4) is 22.3 Å². The Kier molecular flexibility index (Phi) is 5.38. The van der Waals surface area contributed by atoms with Crippen LogP contribution in [-0.4, -0.2) is 0 Å². The zero-order valence-electron chi connectivity index (χ0n) is 27.8. The molecule has 0 unspecified atom stereocenters. The van der Waals surface area contributed by atoms with Gasteiger partial charge >= 0.3 is 0 Å². The summed E-state index contributed by atoms with van der Waals surface area (Å²) in [4.78, 5) is 0. The smallest absolute Gasteiger partial charge is 0.0159 e. The summed E-state index contributed by atoms with van der Waals surface area (Å²) in [5.41, 5.74) is 16.3. The molecule has 3 aliphatic carbocycles. The highest BCUT2D eigenvalue weighted by molar-refractivity contribution is 6.24. The first kappa shape index (κ1) is 27.3. The van der Waals surface area contributed by atoms with E-state index in [1.54, 1.807) is 0 Å². The van der Waals surface area contributed by atoms with E-state index >= 15 is 0 Å². The van der Waals surface area contributed by atoms with Crippen LogP contribution in [0.25, 0.3) is 89.1 Å². The molecule has 0 aliphatic heterocycles. The van der Waals surface area contributed by atoms with E-state index in [4.69, 9.17) is 0 Å². The summed E-state index contributed by atoms with van der Waals surface area (Å²) in [5, 5.41) is 10.8. The van der Waals surface area contributed by atoms with Crippen LogP contribution in [0.4, 0.5) is 0 Å². The van der Waals surface area contributed by atoms with Gasteiger partial charge in [0.15, 0.2) is 0 Å². The van der Waals surface area contributed by atoms with E-state index in [1.165, 1.54) is 110 Å². The summed E-state index contributed by atoms with van der Waals surface area (Å²) in [6.45, 7) is 4.80. The molecular formula is C49H34. The van der Waals surface area contributed by atoms with Gasteiger partial charge in [0.25, 0.3) is 0 Å². The first-order valence-corrected chi connectivity index (χ1v) is 17.6. The molecule has 8 aromatic carbocycles. The molecule has 8 aromatic rings. The third-order valence-electron chi connectivity index (χ3n) is 11.9. The van der Waals surface area contributed by atoms with Gasteiger partial charge in [0.05, 0.1) is 0 Å². The molecule has 11 rings (SSSR count). The maximum absolute atomic E-state index is 2.48. The van der Waals surface area contributed by atoms with Crippen LogP contribution >= 0.6 is 0 Å². The van der Waals surface area contributed by atoms with Crippen molar-refractivity contribution in [2.24, 2.45) is 0 Å². The van der Waals surface area contributed by atoms with Gasteiger partial charge < -0.3 is 0 Å². The highest BCUT2D eigenvalue weighted by Gasteiger charge is 2.36. The Labute approximate surface area is 286 Å². The lowest BCUT2D eigenvalue weighted by Crippen LogP contribution is -2.15. The number of allylic oxidation sites excluding steroid dienone is 3. The molecule has 0 amide bonds. The van der Waals surface area contributed by atoms with Gasteiger partial charge in [0.1, 0.15) is 0 Å². The lowest BCUT2D eigenvalue weighted by molar-refractivity contribution is 0.660. The molecule has 0 bridgehead atoms. The average Bonchev–Trinajstić information content (AvgIpc) is 3.37. The molecule has 3 aliphatic rings. The molecular weight excluding hydrogens is 589 g/mol. The SMILES string of the molecule is CC1(C)c2cc(C=Cc3ccc4ccc5cccc6ccc3c4c56)ccc2-c2ccc(-c3ccc4c5c6c(ccc35)C=CCC6=CC4)cc21. The Bertz CT molecular complexity index is 2820. The zero-order chi connectivity index (χ0) is 32.4. The minimum absolute atomic E-state index is 0.0986. The molecule has 0 spiro atoms. The Morgan fingerprint density at radius 3 is 2.18 bits per heavy atom. The summed E-state index contributed by atoms with van der Waals surface area (Å²) in [7, 11) is 0. The number of fused-ring (bicyclic) bond motifs is 3. The lowest BCUT2D eigenvalue weighted by atomic mass is 9.79. The first-order chi connectivity index (χ1) is 24.0. The first-order valence-electron chi connectivity index (χ1n) is 17.6. The highest BCUT2D eigenvalue weighted by atomic mass is 14.4. The predicted molar refractivity (Wildman–Crippen MR) is 211 cm³/mol. The topological polar surface area (TPSA) is 0 Å². The van der Waals surface area contributed by atoms with E-state index in [2.05, 4.69) is 159 Å². The molecule has 0 nitrogen and oxygen atoms in total. The Morgan fingerprint density at radius 2 is 1.31 bits per heavy atom. The fraction of sp³-hybridized carbons (Fsp3) is 0.102. The molecule has 0 heteroatoms. The standard InChI is InChI=1S/C49H34/c1-49(2)43-27-29(9-11-30-12-13-35-16-14-31-5-3-7-33-19-24-39(30)47(35)45(31)33)10-22-40(43)41-25-21-37(28-44(41)49)38-23-18-36-17-15-32-6-4-8-34-20-26-42(38)48(36)46(32)34/h3-5,7-16,18-28H,6,17H2,1-2H3. The van der Waals surface area contributed by atoms with Crippen molar-refractivity contribution in [2.75, 3.05) is 0 Å². The third kappa shape index (κ3) is 3.75. The van der Waals surface area contributed by atoms with Crippen molar-refractivity contribution in [2.45, 2.75) is 32.1 Å². The average molecular weight is 623 g/mol. The molecule has 0 N–H and O–H groups in total. The van der Waals surface area contributed by atoms with E-state index in [0.717, 1.165) is 12.8 Å². The van der Waals surface area contributed by atoms with E-state index in [0.29, 0.717) is 0 Å². The van der Waals surface area contributed by atoms with Crippen LogP contribution in [-0.2, 0) is 11.8 Å². The Balaban J connectivity index is 0.983. The van der Waals surface area contributed by atoms with Crippen molar-refractivity contribution < 1.29 is 0 Å². The van der Waals surface area contributed by atoms with Crippen LogP contribution in [0.3, 0.4) is 0 Å². The van der Waals surface area contributed by atoms with Crippen molar-refractivity contribution in [3.63, 3.8) is 0 Å². The summed E-state index contributed by atoms with van der Waals surface area (Å²) >= 11 is 0. The van der Waals surface area contributed by atoms with Crippen LogP contribution in [0, 0.1) is 0 Å². The molecule has 230 valence electrons. The monoisotopic (exact) mass is 622 g/mol. The summed E-state index contributed by atoms with van der Waals surface area (Å²) in [5.74, 6) is 0. The minimum atomic E-state index is -0.0986. The summed E-state index contributed by atoms with van der Waals surface area (Å²) in [6, 6.07) is 43.9. The lowest BCUT2D eigenvalue weighted by Gasteiger charge is -2.25. The third-order valence-corrected chi connectivity index (χ3v) is 11.9. The second-order valence-electron chi connectivity index (χ2n) is 14.8. The van der Waals surface area contributed by atoms with Crippen LogP contribution in [0.1, 0.15) is 59.2 Å². The van der Waals surface area contributed by atoms with Gasteiger partial charge in [-0.05, 0) is 129 Å². The minimum Gasteiger partial charge on any atom is -0.0795 e. The fourth-order valence-electron chi connectivity index (χ4n) is 9.39. The second kappa shape index (κ2) is 9.68. The summed E-state index contributed by atoms with van der Waals surface area (Å²) < 4.78 is 0. The fourth-order valence-corrected chi connectivity index (χ4v) is 9.39. The van der Waals surface area contributed by atoms with E-state index in [9.17, 15) is 0 Å². The van der Waals surface area contributed by atoms with Crippen LogP contribution in [0.15, 0.2) is 127 Å². The Hall–Kier alpha value is -5.72. The Morgan fingerprint density at radius 1 is 0.571 bits per heavy atom. The van der Waals surface area contributed by atoms with Crippen LogP contribution in [0.5, 0.6) is 0 Å². The molecule has 0 saturated heterocycles. The largest absolute Gasteiger partial charge is 0.0795 e. The normalized spacial score (nSPS) is 15.5. The van der Waals surface area contributed by atoms with Gasteiger partial charge in [-0.15, -0.1) is 0 Å². The molecule has 49 heavy (non-hydrogen) atoms. The van der Waals surface area contributed by atoms with Crippen molar-refractivity contribution in [1.29, 1.82) is 0 Å². The molecule has 0 saturated carbocycles. The van der Waals surface area contributed by atoms with Gasteiger partial charge in [-0.3, -0.25) is 0 Å². The van der Waals surface area contributed by atoms with Gasteiger partial charge in [-0.2, -0.15) is 0 Å². The van der Waals surface area contributed by atoms with E-state index in [-0.39, 0.29) is 5.41 Å². The van der Waals surface area contributed by atoms with Gasteiger partial charge in [0.2, 0.25) is 0 Å². The molecule has 0 fully saturated rings. The summed E-state index contributed by atoms with van der Waals surface area (Å²) in [6.07, 6.45) is 13.7.